The smallest absolute Gasteiger partial charge is 0.224 e. The molecular formula is C13H26ClN3O3S. The van der Waals surface area contributed by atoms with Crippen molar-refractivity contribution in [3.63, 3.8) is 0 Å². The van der Waals surface area contributed by atoms with Crippen molar-refractivity contribution in [1.29, 1.82) is 0 Å². The molecule has 0 radical (unpaired) electrons. The van der Waals surface area contributed by atoms with Crippen LogP contribution in [0.4, 0.5) is 0 Å². The van der Waals surface area contributed by atoms with Crippen LogP contribution in [0.25, 0.3) is 0 Å². The molecule has 1 aliphatic carbocycles. The zero-order valence-corrected chi connectivity index (χ0v) is 13.9. The van der Waals surface area contributed by atoms with Crippen LogP contribution in [-0.4, -0.2) is 46.3 Å². The average Bonchev–Trinajstić information content (AvgIpc) is 2.37. The number of sulfonamides is 1. The quantitative estimate of drug-likeness (QED) is 0.620. The first-order valence-corrected chi connectivity index (χ1v) is 9.18. The molecule has 0 aromatic rings. The lowest BCUT2D eigenvalue weighted by molar-refractivity contribution is -0.125. The van der Waals surface area contributed by atoms with Gasteiger partial charge in [-0.25, -0.2) is 13.1 Å². The van der Waals surface area contributed by atoms with Crippen molar-refractivity contribution in [3.05, 3.63) is 0 Å². The highest BCUT2D eigenvalue weighted by Crippen LogP contribution is 2.25. The molecule has 0 bridgehead atoms. The van der Waals surface area contributed by atoms with Gasteiger partial charge in [-0.05, 0) is 38.1 Å². The van der Waals surface area contributed by atoms with Crippen molar-refractivity contribution in [2.45, 2.75) is 32.1 Å². The van der Waals surface area contributed by atoms with E-state index in [4.69, 9.17) is 0 Å². The zero-order valence-electron chi connectivity index (χ0n) is 12.3. The maximum atomic E-state index is 11.8. The molecule has 2 rings (SSSR count). The van der Waals surface area contributed by atoms with Gasteiger partial charge < -0.3 is 10.6 Å². The number of carbonyl (C=O) groups excluding carboxylic acids is 1. The Hall–Kier alpha value is -0.370. The van der Waals surface area contributed by atoms with E-state index in [2.05, 4.69) is 15.4 Å². The molecule has 1 unspecified atom stereocenters. The summed E-state index contributed by atoms with van der Waals surface area (Å²) in [6.07, 6.45) is 5.32. The molecule has 0 aromatic heterocycles. The second-order valence-corrected chi connectivity index (χ2v) is 7.72. The van der Waals surface area contributed by atoms with Crippen LogP contribution in [-0.2, 0) is 14.8 Å². The van der Waals surface area contributed by atoms with Crippen LogP contribution in [0.1, 0.15) is 32.1 Å². The van der Waals surface area contributed by atoms with E-state index in [-0.39, 0.29) is 36.5 Å². The molecule has 0 spiro atoms. The number of carbonyl (C=O) groups is 1. The number of halogens is 1. The summed E-state index contributed by atoms with van der Waals surface area (Å²) >= 11 is 0. The molecule has 1 saturated heterocycles. The molecule has 1 aliphatic heterocycles. The van der Waals surface area contributed by atoms with Gasteiger partial charge in [0.2, 0.25) is 15.9 Å². The molecule has 1 heterocycles. The molecule has 2 fully saturated rings. The van der Waals surface area contributed by atoms with Gasteiger partial charge in [-0.2, -0.15) is 0 Å². The Morgan fingerprint density at radius 3 is 2.52 bits per heavy atom. The lowest BCUT2D eigenvalue weighted by atomic mass is 9.86. The largest absolute Gasteiger partial charge is 0.355 e. The summed E-state index contributed by atoms with van der Waals surface area (Å²) in [5, 5.41) is 5.90. The maximum Gasteiger partial charge on any atom is 0.224 e. The minimum absolute atomic E-state index is 0. The summed E-state index contributed by atoms with van der Waals surface area (Å²) in [4.78, 5) is 11.8. The van der Waals surface area contributed by atoms with Gasteiger partial charge in [0.15, 0.2) is 0 Å². The molecule has 0 aromatic carbocycles. The van der Waals surface area contributed by atoms with Crippen molar-refractivity contribution in [1.82, 2.24) is 15.4 Å². The van der Waals surface area contributed by atoms with E-state index >= 15 is 0 Å². The molecule has 3 N–H and O–H groups in total. The molecule has 21 heavy (non-hydrogen) atoms. The summed E-state index contributed by atoms with van der Waals surface area (Å²) < 4.78 is 26.1. The Kier molecular flexibility index (Phi) is 7.94. The van der Waals surface area contributed by atoms with Gasteiger partial charge in [-0.15, -0.1) is 12.4 Å². The van der Waals surface area contributed by atoms with Crippen molar-refractivity contribution in [3.8, 4) is 0 Å². The van der Waals surface area contributed by atoms with E-state index in [1.165, 1.54) is 6.42 Å². The number of rotatable bonds is 7. The predicted molar refractivity (Wildman–Crippen MR) is 85.0 cm³/mol. The Bertz CT molecular complexity index is 420. The van der Waals surface area contributed by atoms with E-state index in [0.29, 0.717) is 19.0 Å². The van der Waals surface area contributed by atoms with E-state index < -0.39 is 10.0 Å². The number of nitrogens with one attached hydrogen (secondary N) is 3. The van der Waals surface area contributed by atoms with E-state index in [9.17, 15) is 13.2 Å². The lowest BCUT2D eigenvalue weighted by Gasteiger charge is -2.25. The van der Waals surface area contributed by atoms with E-state index in [1.807, 2.05) is 0 Å². The second kappa shape index (κ2) is 8.92. The van der Waals surface area contributed by atoms with Crippen LogP contribution in [0.3, 0.4) is 0 Å². The monoisotopic (exact) mass is 339 g/mol. The minimum atomic E-state index is -3.26. The molecule has 1 amide bonds. The fourth-order valence-electron chi connectivity index (χ4n) is 2.54. The fourth-order valence-corrected chi connectivity index (χ4v) is 3.55. The Balaban J connectivity index is 0.00000220. The molecular weight excluding hydrogens is 314 g/mol. The highest BCUT2D eigenvalue weighted by Gasteiger charge is 2.22. The van der Waals surface area contributed by atoms with Crippen LogP contribution < -0.4 is 15.4 Å². The SMILES string of the molecule is Cl.O=C(NCCS(=O)(=O)NCC1CCC1)C1CCCNC1. The zero-order chi connectivity index (χ0) is 14.4. The summed E-state index contributed by atoms with van der Waals surface area (Å²) in [7, 11) is -3.26. The summed E-state index contributed by atoms with van der Waals surface area (Å²) in [5.74, 6) is 0.416. The highest BCUT2D eigenvalue weighted by molar-refractivity contribution is 7.89. The first-order valence-electron chi connectivity index (χ1n) is 7.52. The Labute approximate surface area is 133 Å². The summed E-state index contributed by atoms with van der Waals surface area (Å²) in [6, 6.07) is 0. The van der Waals surface area contributed by atoms with Crippen molar-refractivity contribution in [2.24, 2.45) is 11.8 Å². The average molecular weight is 340 g/mol. The number of piperidine rings is 1. The van der Waals surface area contributed by atoms with Gasteiger partial charge in [0, 0.05) is 19.6 Å². The van der Waals surface area contributed by atoms with Gasteiger partial charge >= 0.3 is 0 Å². The van der Waals surface area contributed by atoms with E-state index in [0.717, 1.165) is 32.2 Å². The minimum Gasteiger partial charge on any atom is -0.355 e. The lowest BCUT2D eigenvalue weighted by Crippen LogP contribution is -2.43. The van der Waals surface area contributed by atoms with Crippen LogP contribution in [0, 0.1) is 11.8 Å². The summed E-state index contributed by atoms with van der Waals surface area (Å²) in [6.45, 7) is 2.39. The molecule has 8 heteroatoms. The van der Waals surface area contributed by atoms with Gasteiger partial charge in [-0.1, -0.05) is 6.42 Å². The molecule has 124 valence electrons. The van der Waals surface area contributed by atoms with Gasteiger partial charge in [0.25, 0.3) is 0 Å². The van der Waals surface area contributed by atoms with Crippen LogP contribution >= 0.6 is 12.4 Å². The number of amides is 1. The maximum absolute atomic E-state index is 11.8. The summed E-state index contributed by atoms with van der Waals surface area (Å²) in [5.41, 5.74) is 0. The van der Waals surface area contributed by atoms with Crippen LogP contribution in [0.15, 0.2) is 0 Å². The van der Waals surface area contributed by atoms with Crippen LogP contribution in [0.5, 0.6) is 0 Å². The highest BCUT2D eigenvalue weighted by atomic mass is 35.5. The number of hydrogen-bond acceptors (Lipinski definition) is 4. The Morgan fingerprint density at radius 1 is 1.19 bits per heavy atom. The standard InChI is InChI=1S/C13H25N3O3S.ClH/c17-13(12-5-2-6-14-10-12)15-7-8-20(18,19)16-9-11-3-1-4-11;/h11-12,14,16H,1-10H2,(H,15,17);1H. The van der Waals surface area contributed by atoms with Crippen molar-refractivity contribution < 1.29 is 13.2 Å². The first kappa shape index (κ1) is 18.7. The van der Waals surface area contributed by atoms with Gasteiger partial charge in [0.1, 0.15) is 0 Å². The molecule has 6 nitrogen and oxygen atoms in total. The molecule has 1 atom stereocenters. The first-order chi connectivity index (χ1) is 9.57. The van der Waals surface area contributed by atoms with Gasteiger partial charge in [0.05, 0.1) is 11.7 Å². The topological polar surface area (TPSA) is 87.3 Å². The number of hydrogen-bond donors (Lipinski definition) is 3. The third kappa shape index (κ3) is 6.50. The van der Waals surface area contributed by atoms with Crippen LogP contribution in [0.2, 0.25) is 0 Å². The molecule has 2 aliphatic rings. The third-order valence-corrected chi connectivity index (χ3v) is 5.50. The normalized spacial score (nSPS) is 23.0. The van der Waals surface area contributed by atoms with Gasteiger partial charge in [-0.3, -0.25) is 4.79 Å². The fraction of sp³-hybridized carbons (Fsp3) is 0.923. The molecule has 1 saturated carbocycles. The second-order valence-electron chi connectivity index (χ2n) is 5.80. The third-order valence-electron chi connectivity index (χ3n) is 4.15. The van der Waals surface area contributed by atoms with E-state index in [1.54, 1.807) is 0 Å². The predicted octanol–water partition coefficient (Wildman–Crippen LogP) is 0.243. The Morgan fingerprint density at radius 2 is 1.95 bits per heavy atom. The van der Waals surface area contributed by atoms with Crippen molar-refractivity contribution >= 4 is 28.3 Å². The van der Waals surface area contributed by atoms with Crippen molar-refractivity contribution in [2.75, 3.05) is 31.9 Å².